The van der Waals surface area contributed by atoms with E-state index in [1.807, 2.05) is 0 Å². The second kappa shape index (κ2) is 37.0. The van der Waals surface area contributed by atoms with E-state index in [0.29, 0.717) is 12.8 Å². The van der Waals surface area contributed by atoms with Crippen LogP contribution in [-0.2, 0) is 32.7 Å². The lowest BCUT2D eigenvalue weighted by molar-refractivity contribution is -0.220. The predicted octanol–water partition coefficient (Wildman–Crippen LogP) is 8.94. The number of rotatable bonds is 37. The first-order valence-corrected chi connectivity index (χ1v) is 24.6. The van der Waals surface area contributed by atoms with Gasteiger partial charge in [-0.05, 0) is 77.0 Å². The molecule has 1 fully saturated rings. The van der Waals surface area contributed by atoms with Gasteiger partial charge in [0.1, 0.15) is 43.2 Å². The van der Waals surface area contributed by atoms with Crippen molar-refractivity contribution in [2.45, 2.75) is 211 Å². The van der Waals surface area contributed by atoms with E-state index in [4.69, 9.17) is 18.5 Å². The normalized spacial score (nSPS) is 22.6. The number of hydrogen-bond acceptors (Lipinski definition) is 12. The summed E-state index contributed by atoms with van der Waals surface area (Å²) in [5, 5.41) is 50.1. The molecule has 0 heterocycles. The molecule has 14 heteroatoms. The average Bonchev–Trinajstić information content (AvgIpc) is 3.24. The van der Waals surface area contributed by atoms with Gasteiger partial charge < -0.3 is 39.9 Å². The highest BCUT2D eigenvalue weighted by molar-refractivity contribution is 7.47. The molecule has 1 aliphatic rings. The van der Waals surface area contributed by atoms with Crippen molar-refractivity contribution >= 4 is 19.8 Å². The standard InChI is InChI=1S/C47H81O13P/c1-3-5-7-9-11-13-15-17-19-20-22-24-26-28-30-32-34-36-41(49)59-39(38-58-61(55,56)60-47-45(53)43(51)42(50)44(52)46(47)54)37-57-40(48)35-33-31-29-27-25-23-21-18-16-14-12-10-8-6-4-2/h5,7,11,13,17-19,21-22,24,39,42-47,50-54H,3-4,6,8-10,12,14-16,20,23,25-38H2,1-2H3,(H,55,56)/b7-5-,13-11-,19-17-,21-18-,24-22-. The third kappa shape index (κ3) is 29.5. The molecular formula is C47H81O13P. The highest BCUT2D eigenvalue weighted by Gasteiger charge is 2.51. The third-order valence-corrected chi connectivity index (χ3v) is 11.3. The van der Waals surface area contributed by atoms with Crippen LogP contribution in [0, 0.1) is 0 Å². The highest BCUT2D eigenvalue weighted by Crippen LogP contribution is 2.47. The maximum atomic E-state index is 12.8. The Bertz CT molecular complexity index is 1300. The van der Waals surface area contributed by atoms with Gasteiger partial charge in [-0.3, -0.25) is 18.6 Å². The molecule has 6 atom stereocenters. The molecule has 0 aliphatic heterocycles. The Balaban J connectivity index is 2.49. The molecule has 1 rings (SSSR count). The summed E-state index contributed by atoms with van der Waals surface area (Å²) < 4.78 is 33.5. The second-order valence-corrected chi connectivity index (χ2v) is 17.3. The number of aliphatic hydroxyl groups excluding tert-OH is 5. The minimum atomic E-state index is -5.13. The first-order valence-electron chi connectivity index (χ1n) is 23.1. The van der Waals surface area contributed by atoms with E-state index in [2.05, 4.69) is 74.6 Å². The third-order valence-electron chi connectivity index (χ3n) is 10.3. The van der Waals surface area contributed by atoms with Gasteiger partial charge in [-0.1, -0.05) is 139 Å². The topological polar surface area (TPSA) is 210 Å². The summed E-state index contributed by atoms with van der Waals surface area (Å²) >= 11 is 0. The van der Waals surface area contributed by atoms with Crippen LogP contribution in [0.5, 0.6) is 0 Å². The van der Waals surface area contributed by atoms with Crippen LogP contribution in [0.2, 0.25) is 0 Å². The molecule has 0 amide bonds. The minimum Gasteiger partial charge on any atom is -0.462 e. The van der Waals surface area contributed by atoms with Gasteiger partial charge in [0, 0.05) is 12.8 Å². The zero-order valence-corrected chi connectivity index (χ0v) is 38.1. The zero-order valence-electron chi connectivity index (χ0n) is 37.2. The van der Waals surface area contributed by atoms with Gasteiger partial charge in [0.15, 0.2) is 6.10 Å². The maximum Gasteiger partial charge on any atom is 0.472 e. The maximum absolute atomic E-state index is 12.8. The van der Waals surface area contributed by atoms with Crippen LogP contribution in [0.3, 0.4) is 0 Å². The van der Waals surface area contributed by atoms with E-state index >= 15 is 0 Å². The number of ether oxygens (including phenoxy) is 2. The summed E-state index contributed by atoms with van der Waals surface area (Å²) in [4.78, 5) is 35.7. The average molecular weight is 885 g/mol. The van der Waals surface area contributed by atoms with E-state index in [9.17, 15) is 44.6 Å². The van der Waals surface area contributed by atoms with Gasteiger partial charge in [-0.2, -0.15) is 0 Å². The molecule has 61 heavy (non-hydrogen) atoms. The van der Waals surface area contributed by atoms with Crippen LogP contribution < -0.4 is 0 Å². The van der Waals surface area contributed by atoms with Crippen LogP contribution in [0.25, 0.3) is 0 Å². The molecule has 352 valence electrons. The molecule has 0 spiro atoms. The van der Waals surface area contributed by atoms with Crippen molar-refractivity contribution in [3.05, 3.63) is 60.8 Å². The Morgan fingerprint density at radius 2 is 0.934 bits per heavy atom. The van der Waals surface area contributed by atoms with Crippen molar-refractivity contribution in [3.8, 4) is 0 Å². The van der Waals surface area contributed by atoms with E-state index in [1.54, 1.807) is 0 Å². The van der Waals surface area contributed by atoms with Gasteiger partial charge in [-0.15, -0.1) is 0 Å². The van der Waals surface area contributed by atoms with Gasteiger partial charge in [0.2, 0.25) is 0 Å². The molecule has 0 saturated heterocycles. The van der Waals surface area contributed by atoms with Crippen LogP contribution in [-0.4, -0.2) is 98.3 Å². The molecule has 0 aromatic rings. The monoisotopic (exact) mass is 885 g/mol. The predicted molar refractivity (Wildman–Crippen MR) is 239 cm³/mol. The number of hydrogen-bond donors (Lipinski definition) is 6. The first kappa shape index (κ1) is 56.6. The Morgan fingerprint density at radius 3 is 1.44 bits per heavy atom. The second-order valence-electron chi connectivity index (χ2n) is 15.9. The zero-order chi connectivity index (χ0) is 45.0. The number of carbonyl (C=O) groups is 2. The van der Waals surface area contributed by atoms with E-state index < -0.39 is 75.7 Å². The van der Waals surface area contributed by atoms with E-state index in [1.165, 1.54) is 38.5 Å². The fourth-order valence-corrected chi connectivity index (χ4v) is 7.60. The molecule has 1 saturated carbocycles. The lowest BCUT2D eigenvalue weighted by atomic mass is 9.85. The number of phosphoric acid groups is 1. The number of allylic oxidation sites excluding steroid dienone is 10. The molecule has 0 radical (unpaired) electrons. The van der Waals surface area contributed by atoms with Crippen molar-refractivity contribution in [3.63, 3.8) is 0 Å². The highest BCUT2D eigenvalue weighted by atomic mass is 31.2. The Hall–Kier alpha value is -2.45. The smallest absolute Gasteiger partial charge is 0.462 e. The van der Waals surface area contributed by atoms with Crippen LogP contribution >= 0.6 is 7.82 Å². The summed E-state index contributed by atoms with van der Waals surface area (Å²) in [6.07, 6.45) is 31.3. The molecule has 1 aliphatic carbocycles. The fraction of sp³-hybridized carbons (Fsp3) is 0.745. The molecule has 6 unspecified atom stereocenters. The van der Waals surface area contributed by atoms with Crippen molar-refractivity contribution in [1.82, 2.24) is 0 Å². The number of esters is 2. The van der Waals surface area contributed by atoms with Gasteiger partial charge >= 0.3 is 19.8 Å². The number of phosphoric ester groups is 1. The molecule has 13 nitrogen and oxygen atoms in total. The summed E-state index contributed by atoms with van der Waals surface area (Å²) in [7, 11) is -5.13. The molecule has 0 bridgehead atoms. The van der Waals surface area contributed by atoms with Gasteiger partial charge in [-0.25, -0.2) is 4.57 Å². The summed E-state index contributed by atoms with van der Waals surface area (Å²) in [6.45, 7) is 3.15. The van der Waals surface area contributed by atoms with Crippen molar-refractivity contribution in [1.29, 1.82) is 0 Å². The Morgan fingerprint density at radius 1 is 0.525 bits per heavy atom. The van der Waals surface area contributed by atoms with Gasteiger partial charge in [0.25, 0.3) is 0 Å². The first-order chi connectivity index (χ1) is 29.4. The van der Waals surface area contributed by atoms with Crippen molar-refractivity contribution < 1.29 is 63.1 Å². The number of aliphatic hydroxyl groups is 5. The summed E-state index contributed by atoms with van der Waals surface area (Å²) in [6, 6.07) is 0. The van der Waals surface area contributed by atoms with E-state index in [0.717, 1.165) is 89.9 Å². The Labute approximate surface area is 366 Å². The lowest BCUT2D eigenvalue weighted by Crippen LogP contribution is -2.64. The fourth-order valence-electron chi connectivity index (χ4n) is 6.62. The van der Waals surface area contributed by atoms with Crippen LogP contribution in [0.1, 0.15) is 168 Å². The SMILES string of the molecule is CC/C=C\C/C=C\C/C=C\C/C=C\CCCCCCC(=O)OC(COC(=O)CCCCCCC/C=C\CCCCCCCC)COP(=O)(O)OC1C(O)C(O)C(O)C(O)C1O. The van der Waals surface area contributed by atoms with Crippen LogP contribution in [0.4, 0.5) is 0 Å². The summed E-state index contributed by atoms with van der Waals surface area (Å²) in [5.74, 6) is -1.14. The largest absolute Gasteiger partial charge is 0.472 e. The summed E-state index contributed by atoms with van der Waals surface area (Å²) in [5.41, 5.74) is 0. The minimum absolute atomic E-state index is 0.0647. The lowest BCUT2D eigenvalue weighted by Gasteiger charge is -2.41. The quantitative estimate of drug-likeness (QED) is 0.0149. The van der Waals surface area contributed by atoms with Crippen molar-refractivity contribution in [2.75, 3.05) is 13.2 Å². The molecule has 6 N–H and O–H groups in total. The van der Waals surface area contributed by atoms with E-state index in [-0.39, 0.29) is 12.8 Å². The molecule has 0 aromatic carbocycles. The van der Waals surface area contributed by atoms with Crippen LogP contribution in [0.15, 0.2) is 60.8 Å². The number of carbonyl (C=O) groups excluding carboxylic acids is 2. The number of unbranched alkanes of at least 4 members (excludes halogenated alkanes) is 15. The molecular weight excluding hydrogens is 803 g/mol. The van der Waals surface area contributed by atoms with Crippen molar-refractivity contribution in [2.24, 2.45) is 0 Å². The molecule has 0 aromatic heterocycles. The van der Waals surface area contributed by atoms with Gasteiger partial charge in [0.05, 0.1) is 6.61 Å². The Kier molecular flexibility index (Phi) is 34.3.